The SMILES string of the molecule is CC(=O)c1ccc(F)cc1OCC1CCC(C)O1. The molecule has 1 aromatic rings. The number of benzene rings is 1. The lowest BCUT2D eigenvalue weighted by Crippen LogP contribution is -2.18. The van der Waals surface area contributed by atoms with Gasteiger partial charge in [0.1, 0.15) is 18.2 Å². The lowest BCUT2D eigenvalue weighted by atomic mass is 10.1. The standard InChI is InChI=1S/C14H17FO3/c1-9-3-5-12(18-9)8-17-14-7-11(15)4-6-13(14)10(2)16/h4,6-7,9,12H,3,5,8H2,1-2H3. The zero-order valence-corrected chi connectivity index (χ0v) is 10.6. The van der Waals surface area contributed by atoms with Gasteiger partial charge in [0.2, 0.25) is 0 Å². The molecule has 18 heavy (non-hydrogen) atoms. The minimum Gasteiger partial charge on any atom is -0.490 e. The maximum Gasteiger partial charge on any atom is 0.163 e. The summed E-state index contributed by atoms with van der Waals surface area (Å²) in [7, 11) is 0. The number of Topliss-reactive ketones (excluding diaryl/α,β-unsaturated/α-hetero) is 1. The Bertz CT molecular complexity index is 445. The first-order valence-electron chi connectivity index (χ1n) is 6.15. The van der Waals surface area contributed by atoms with Crippen molar-refractivity contribution in [2.24, 2.45) is 0 Å². The van der Waals surface area contributed by atoms with Crippen LogP contribution in [0.5, 0.6) is 5.75 Å². The first-order valence-corrected chi connectivity index (χ1v) is 6.15. The van der Waals surface area contributed by atoms with E-state index < -0.39 is 5.82 Å². The summed E-state index contributed by atoms with van der Waals surface area (Å²) in [6, 6.07) is 3.96. The van der Waals surface area contributed by atoms with Crippen LogP contribution in [0, 0.1) is 5.82 Å². The summed E-state index contributed by atoms with van der Waals surface area (Å²) >= 11 is 0. The Balaban J connectivity index is 2.04. The first kappa shape index (κ1) is 13.0. The second-order valence-corrected chi connectivity index (χ2v) is 4.65. The van der Waals surface area contributed by atoms with Crippen molar-refractivity contribution in [2.75, 3.05) is 6.61 Å². The minimum absolute atomic E-state index is 0.0306. The number of halogens is 1. The van der Waals surface area contributed by atoms with Gasteiger partial charge in [-0.1, -0.05) is 0 Å². The predicted octanol–water partition coefficient (Wildman–Crippen LogP) is 2.97. The fraction of sp³-hybridized carbons (Fsp3) is 0.500. The number of ketones is 1. The third-order valence-electron chi connectivity index (χ3n) is 3.07. The van der Waals surface area contributed by atoms with E-state index in [9.17, 15) is 9.18 Å². The largest absolute Gasteiger partial charge is 0.490 e. The molecule has 2 rings (SSSR count). The Kier molecular flexibility index (Phi) is 3.97. The highest BCUT2D eigenvalue weighted by atomic mass is 19.1. The molecule has 2 atom stereocenters. The van der Waals surface area contributed by atoms with E-state index in [1.807, 2.05) is 6.92 Å². The molecule has 98 valence electrons. The van der Waals surface area contributed by atoms with E-state index in [0.717, 1.165) is 12.8 Å². The highest BCUT2D eigenvalue weighted by Crippen LogP contribution is 2.24. The van der Waals surface area contributed by atoms with Crippen molar-refractivity contribution in [3.05, 3.63) is 29.6 Å². The summed E-state index contributed by atoms with van der Waals surface area (Å²) < 4.78 is 24.3. The number of ether oxygens (including phenoxy) is 2. The summed E-state index contributed by atoms with van der Waals surface area (Å²) in [6.07, 6.45) is 2.23. The summed E-state index contributed by atoms with van der Waals surface area (Å²) in [5.41, 5.74) is 0.405. The number of carbonyl (C=O) groups is 1. The lowest BCUT2D eigenvalue weighted by molar-refractivity contribution is 0.0261. The van der Waals surface area contributed by atoms with Gasteiger partial charge in [0.15, 0.2) is 5.78 Å². The van der Waals surface area contributed by atoms with Gasteiger partial charge in [-0.05, 0) is 38.8 Å². The number of rotatable bonds is 4. The van der Waals surface area contributed by atoms with Gasteiger partial charge in [-0.2, -0.15) is 0 Å². The summed E-state index contributed by atoms with van der Waals surface area (Å²) in [4.78, 5) is 11.4. The van der Waals surface area contributed by atoms with Crippen molar-refractivity contribution in [3.8, 4) is 5.75 Å². The van der Waals surface area contributed by atoms with Crippen molar-refractivity contribution in [1.82, 2.24) is 0 Å². The van der Waals surface area contributed by atoms with Gasteiger partial charge in [0.05, 0.1) is 17.8 Å². The molecule has 1 fully saturated rings. The van der Waals surface area contributed by atoms with Gasteiger partial charge in [-0.15, -0.1) is 0 Å². The Morgan fingerprint density at radius 3 is 2.89 bits per heavy atom. The lowest BCUT2D eigenvalue weighted by Gasteiger charge is -2.14. The highest BCUT2D eigenvalue weighted by Gasteiger charge is 2.22. The van der Waals surface area contributed by atoms with Crippen LogP contribution < -0.4 is 4.74 Å². The molecule has 0 aromatic heterocycles. The number of carbonyl (C=O) groups excluding carboxylic acids is 1. The average molecular weight is 252 g/mol. The monoisotopic (exact) mass is 252 g/mol. The second-order valence-electron chi connectivity index (χ2n) is 4.65. The van der Waals surface area contributed by atoms with Gasteiger partial charge in [-0.3, -0.25) is 4.79 Å². The quantitative estimate of drug-likeness (QED) is 0.773. The maximum atomic E-state index is 13.2. The second kappa shape index (κ2) is 5.48. The molecule has 1 aromatic carbocycles. The Morgan fingerprint density at radius 2 is 2.28 bits per heavy atom. The molecule has 1 aliphatic rings. The molecule has 0 aliphatic carbocycles. The summed E-state index contributed by atoms with van der Waals surface area (Å²) in [5, 5.41) is 0. The van der Waals surface area contributed by atoms with E-state index in [1.54, 1.807) is 0 Å². The zero-order chi connectivity index (χ0) is 13.1. The van der Waals surface area contributed by atoms with E-state index in [2.05, 4.69) is 0 Å². The van der Waals surface area contributed by atoms with Crippen LogP contribution in [0.15, 0.2) is 18.2 Å². The molecule has 2 unspecified atom stereocenters. The van der Waals surface area contributed by atoms with E-state index in [0.29, 0.717) is 17.9 Å². The van der Waals surface area contributed by atoms with Crippen LogP contribution in [0.2, 0.25) is 0 Å². The van der Waals surface area contributed by atoms with Crippen molar-refractivity contribution >= 4 is 5.78 Å². The molecule has 1 heterocycles. The molecule has 1 saturated heterocycles. The van der Waals surface area contributed by atoms with Gasteiger partial charge < -0.3 is 9.47 Å². The number of hydrogen-bond donors (Lipinski definition) is 0. The smallest absolute Gasteiger partial charge is 0.163 e. The summed E-state index contributed by atoms with van der Waals surface area (Å²) in [5.74, 6) is -0.243. The molecular formula is C14H17FO3. The maximum absolute atomic E-state index is 13.2. The Labute approximate surface area is 106 Å². The van der Waals surface area contributed by atoms with Gasteiger partial charge in [-0.25, -0.2) is 4.39 Å². The van der Waals surface area contributed by atoms with Crippen LogP contribution in [-0.4, -0.2) is 24.6 Å². The normalized spacial score (nSPS) is 23.1. The molecule has 1 aliphatic heterocycles. The van der Waals surface area contributed by atoms with Gasteiger partial charge >= 0.3 is 0 Å². The predicted molar refractivity (Wildman–Crippen MR) is 65.5 cm³/mol. The number of hydrogen-bond acceptors (Lipinski definition) is 3. The molecule has 0 radical (unpaired) electrons. The first-order chi connectivity index (χ1) is 8.56. The van der Waals surface area contributed by atoms with Gasteiger partial charge in [0, 0.05) is 6.07 Å². The van der Waals surface area contributed by atoms with Crippen molar-refractivity contribution in [3.63, 3.8) is 0 Å². The minimum atomic E-state index is -0.407. The molecule has 4 heteroatoms. The molecule has 3 nitrogen and oxygen atoms in total. The van der Waals surface area contributed by atoms with Crippen LogP contribution in [0.4, 0.5) is 4.39 Å². The van der Waals surface area contributed by atoms with Crippen LogP contribution in [0.25, 0.3) is 0 Å². The molecule has 0 bridgehead atoms. The van der Waals surface area contributed by atoms with E-state index in [4.69, 9.17) is 9.47 Å². The zero-order valence-electron chi connectivity index (χ0n) is 10.6. The van der Waals surface area contributed by atoms with Crippen molar-refractivity contribution < 1.29 is 18.7 Å². The Hall–Kier alpha value is -1.42. The van der Waals surface area contributed by atoms with Crippen molar-refractivity contribution in [2.45, 2.75) is 38.9 Å². The Morgan fingerprint density at radius 1 is 1.50 bits per heavy atom. The highest BCUT2D eigenvalue weighted by molar-refractivity contribution is 5.96. The van der Waals surface area contributed by atoms with Crippen LogP contribution >= 0.6 is 0 Å². The van der Waals surface area contributed by atoms with Crippen LogP contribution in [0.3, 0.4) is 0 Å². The molecule has 0 spiro atoms. The van der Waals surface area contributed by atoms with E-state index >= 15 is 0 Å². The average Bonchev–Trinajstić information content (AvgIpc) is 2.72. The molecule has 0 amide bonds. The molecule has 0 saturated carbocycles. The van der Waals surface area contributed by atoms with Gasteiger partial charge in [0.25, 0.3) is 0 Å². The van der Waals surface area contributed by atoms with Crippen molar-refractivity contribution in [1.29, 1.82) is 0 Å². The third kappa shape index (κ3) is 3.07. The van der Waals surface area contributed by atoms with E-state index in [-0.39, 0.29) is 18.0 Å². The summed E-state index contributed by atoms with van der Waals surface area (Å²) in [6.45, 7) is 3.81. The molecular weight excluding hydrogens is 235 g/mol. The fourth-order valence-corrected chi connectivity index (χ4v) is 2.10. The topological polar surface area (TPSA) is 35.5 Å². The van der Waals surface area contributed by atoms with Crippen LogP contribution in [0.1, 0.15) is 37.0 Å². The third-order valence-corrected chi connectivity index (χ3v) is 3.07. The van der Waals surface area contributed by atoms with Crippen LogP contribution in [-0.2, 0) is 4.74 Å². The molecule has 0 N–H and O–H groups in total. The van der Waals surface area contributed by atoms with E-state index in [1.165, 1.54) is 25.1 Å². The fourth-order valence-electron chi connectivity index (χ4n) is 2.10.